The Kier molecular flexibility index (Phi) is 5.34. The van der Waals surface area contributed by atoms with Crippen LogP contribution in [0.4, 0.5) is 0 Å². The van der Waals surface area contributed by atoms with Gasteiger partial charge in [-0.05, 0) is 43.2 Å². The molecular weight excluding hydrogens is 322 g/mol. The van der Waals surface area contributed by atoms with Crippen LogP contribution >= 0.6 is 27.7 Å². The van der Waals surface area contributed by atoms with Crippen LogP contribution in [0.1, 0.15) is 42.1 Å². The zero-order chi connectivity index (χ0) is 13.8. The standard InChI is InChI=1S/C15H20BrNOS/c1-3-19-14-9-5-8-13(14)17-15(18)11-6-4-7-12(16)10(11)2/h4,6-7,13-14H,3,5,8-9H2,1-2H3,(H,17,18). The fourth-order valence-electron chi connectivity index (χ4n) is 2.60. The van der Waals surface area contributed by atoms with Gasteiger partial charge in [0.05, 0.1) is 0 Å². The van der Waals surface area contributed by atoms with Gasteiger partial charge in [-0.3, -0.25) is 4.79 Å². The first-order chi connectivity index (χ1) is 9.13. The Hall–Kier alpha value is -0.480. The van der Waals surface area contributed by atoms with Gasteiger partial charge in [-0.25, -0.2) is 0 Å². The van der Waals surface area contributed by atoms with Crippen LogP contribution in [0.25, 0.3) is 0 Å². The lowest BCUT2D eigenvalue weighted by Gasteiger charge is -2.20. The Morgan fingerprint density at radius 1 is 1.47 bits per heavy atom. The summed E-state index contributed by atoms with van der Waals surface area (Å²) in [6, 6.07) is 6.11. The van der Waals surface area contributed by atoms with E-state index in [1.54, 1.807) is 0 Å². The van der Waals surface area contributed by atoms with E-state index in [1.807, 2.05) is 36.9 Å². The minimum Gasteiger partial charge on any atom is -0.348 e. The summed E-state index contributed by atoms with van der Waals surface area (Å²) in [4.78, 5) is 12.4. The van der Waals surface area contributed by atoms with E-state index in [0.29, 0.717) is 11.3 Å². The first kappa shape index (κ1) is 14.9. The molecule has 0 bridgehead atoms. The predicted molar refractivity (Wildman–Crippen MR) is 85.9 cm³/mol. The first-order valence-corrected chi connectivity index (χ1v) is 8.65. The topological polar surface area (TPSA) is 29.1 Å². The van der Waals surface area contributed by atoms with Gasteiger partial charge in [0.2, 0.25) is 0 Å². The molecule has 0 saturated heterocycles. The van der Waals surface area contributed by atoms with Crippen molar-refractivity contribution in [3.05, 3.63) is 33.8 Å². The molecule has 0 aliphatic heterocycles. The third kappa shape index (κ3) is 3.54. The van der Waals surface area contributed by atoms with E-state index in [-0.39, 0.29) is 5.91 Å². The molecule has 1 fully saturated rings. The summed E-state index contributed by atoms with van der Waals surface area (Å²) in [5, 5.41) is 3.80. The Labute approximate surface area is 127 Å². The Bertz CT molecular complexity index is 463. The van der Waals surface area contributed by atoms with Crippen molar-refractivity contribution in [1.82, 2.24) is 5.32 Å². The van der Waals surface area contributed by atoms with Crippen molar-refractivity contribution in [3.8, 4) is 0 Å². The van der Waals surface area contributed by atoms with Gasteiger partial charge < -0.3 is 5.32 Å². The highest BCUT2D eigenvalue weighted by molar-refractivity contribution is 9.10. The largest absolute Gasteiger partial charge is 0.348 e. The van der Waals surface area contributed by atoms with Gasteiger partial charge in [-0.1, -0.05) is 35.3 Å². The van der Waals surface area contributed by atoms with Crippen molar-refractivity contribution < 1.29 is 4.79 Å². The summed E-state index contributed by atoms with van der Waals surface area (Å²) in [6.45, 7) is 4.16. The Morgan fingerprint density at radius 3 is 3.00 bits per heavy atom. The van der Waals surface area contributed by atoms with Crippen LogP contribution in [0.3, 0.4) is 0 Å². The van der Waals surface area contributed by atoms with Gasteiger partial charge in [0.15, 0.2) is 0 Å². The maximum absolute atomic E-state index is 12.4. The number of benzene rings is 1. The van der Waals surface area contributed by atoms with Crippen LogP contribution in [0, 0.1) is 6.92 Å². The minimum atomic E-state index is 0.0624. The normalized spacial score (nSPS) is 22.5. The molecule has 104 valence electrons. The van der Waals surface area contributed by atoms with Crippen LogP contribution in [0.15, 0.2) is 22.7 Å². The fraction of sp³-hybridized carbons (Fsp3) is 0.533. The highest BCUT2D eigenvalue weighted by atomic mass is 79.9. The maximum atomic E-state index is 12.4. The second kappa shape index (κ2) is 6.80. The van der Waals surface area contributed by atoms with Gasteiger partial charge in [0.25, 0.3) is 5.91 Å². The number of halogens is 1. The van der Waals surface area contributed by atoms with Crippen molar-refractivity contribution in [2.75, 3.05) is 5.75 Å². The summed E-state index contributed by atoms with van der Waals surface area (Å²) in [7, 11) is 0. The number of amides is 1. The van der Waals surface area contributed by atoms with E-state index >= 15 is 0 Å². The molecule has 0 spiro atoms. The lowest BCUT2D eigenvalue weighted by Crippen LogP contribution is -2.39. The number of rotatable bonds is 4. The molecule has 2 atom stereocenters. The number of hydrogen-bond acceptors (Lipinski definition) is 2. The van der Waals surface area contributed by atoms with E-state index in [9.17, 15) is 4.79 Å². The van der Waals surface area contributed by atoms with Gasteiger partial charge in [0.1, 0.15) is 0 Å². The molecule has 19 heavy (non-hydrogen) atoms. The lowest BCUT2D eigenvalue weighted by atomic mass is 10.1. The predicted octanol–water partition coefficient (Wildman–Crippen LogP) is 4.16. The number of carbonyl (C=O) groups excluding carboxylic acids is 1. The third-order valence-corrected chi connectivity index (χ3v) is 5.85. The lowest BCUT2D eigenvalue weighted by molar-refractivity contribution is 0.0938. The van der Waals surface area contributed by atoms with Crippen LogP contribution in [-0.4, -0.2) is 23.0 Å². The summed E-state index contributed by atoms with van der Waals surface area (Å²) in [6.07, 6.45) is 3.55. The van der Waals surface area contributed by atoms with E-state index in [4.69, 9.17) is 0 Å². The zero-order valence-electron chi connectivity index (χ0n) is 11.4. The highest BCUT2D eigenvalue weighted by Crippen LogP contribution is 2.30. The smallest absolute Gasteiger partial charge is 0.251 e. The van der Waals surface area contributed by atoms with E-state index < -0.39 is 0 Å². The molecule has 1 N–H and O–H groups in total. The van der Waals surface area contributed by atoms with Gasteiger partial charge in [-0.15, -0.1) is 0 Å². The van der Waals surface area contributed by atoms with Gasteiger partial charge in [-0.2, -0.15) is 11.8 Å². The first-order valence-electron chi connectivity index (χ1n) is 6.81. The van der Waals surface area contributed by atoms with Crippen LogP contribution in [0.2, 0.25) is 0 Å². The molecule has 2 unspecified atom stereocenters. The van der Waals surface area contributed by atoms with E-state index in [1.165, 1.54) is 12.8 Å². The number of carbonyl (C=O) groups is 1. The molecule has 1 saturated carbocycles. The minimum absolute atomic E-state index is 0.0624. The van der Waals surface area contributed by atoms with Crippen molar-refractivity contribution in [2.24, 2.45) is 0 Å². The SMILES string of the molecule is CCSC1CCCC1NC(=O)c1cccc(Br)c1C. The Balaban J connectivity index is 2.06. The average molecular weight is 342 g/mol. The molecule has 1 aliphatic carbocycles. The van der Waals surface area contributed by atoms with Crippen molar-refractivity contribution in [1.29, 1.82) is 0 Å². The van der Waals surface area contributed by atoms with Gasteiger partial charge in [0, 0.05) is 21.3 Å². The maximum Gasteiger partial charge on any atom is 0.251 e. The van der Waals surface area contributed by atoms with Crippen molar-refractivity contribution >= 4 is 33.6 Å². The summed E-state index contributed by atoms with van der Waals surface area (Å²) < 4.78 is 0.992. The molecule has 1 aliphatic rings. The zero-order valence-corrected chi connectivity index (χ0v) is 13.8. The van der Waals surface area contributed by atoms with E-state index in [0.717, 1.165) is 27.8 Å². The van der Waals surface area contributed by atoms with E-state index in [2.05, 4.69) is 28.2 Å². The molecule has 0 aromatic heterocycles. The molecule has 2 rings (SSSR count). The molecule has 1 amide bonds. The monoisotopic (exact) mass is 341 g/mol. The van der Waals surface area contributed by atoms with Crippen LogP contribution in [-0.2, 0) is 0 Å². The highest BCUT2D eigenvalue weighted by Gasteiger charge is 2.28. The molecule has 1 aromatic carbocycles. The van der Waals surface area contributed by atoms with Gasteiger partial charge >= 0.3 is 0 Å². The third-order valence-electron chi connectivity index (χ3n) is 3.66. The molecular formula is C15H20BrNOS. The number of nitrogens with one attached hydrogen (secondary N) is 1. The van der Waals surface area contributed by atoms with Crippen LogP contribution < -0.4 is 5.32 Å². The Morgan fingerprint density at radius 2 is 2.26 bits per heavy atom. The molecule has 1 aromatic rings. The molecule has 2 nitrogen and oxygen atoms in total. The summed E-state index contributed by atoms with van der Waals surface area (Å²) in [5.74, 6) is 1.18. The second-order valence-electron chi connectivity index (χ2n) is 4.92. The second-order valence-corrected chi connectivity index (χ2v) is 7.29. The van der Waals surface area contributed by atoms with Crippen molar-refractivity contribution in [2.45, 2.75) is 44.4 Å². The molecule has 0 radical (unpaired) electrons. The summed E-state index contributed by atoms with van der Waals surface area (Å²) >= 11 is 5.45. The number of hydrogen-bond donors (Lipinski definition) is 1. The van der Waals surface area contributed by atoms with Crippen molar-refractivity contribution in [3.63, 3.8) is 0 Å². The van der Waals surface area contributed by atoms with Crippen LogP contribution in [0.5, 0.6) is 0 Å². The quantitative estimate of drug-likeness (QED) is 0.890. The number of thioether (sulfide) groups is 1. The molecule has 4 heteroatoms. The molecule has 0 heterocycles. The summed E-state index contributed by atoms with van der Waals surface area (Å²) in [5.41, 5.74) is 1.79. The average Bonchev–Trinajstić information content (AvgIpc) is 2.80. The fourth-order valence-corrected chi connectivity index (χ4v) is 4.17.